The Hall–Kier alpha value is -1.52. The molecular formula is C13H22N2O3. The van der Waals surface area contributed by atoms with Gasteiger partial charge in [0.2, 0.25) is 0 Å². The van der Waals surface area contributed by atoms with Gasteiger partial charge in [-0.05, 0) is 32.6 Å². The number of allylic oxidation sites excluding steroid dienone is 1. The molecule has 0 saturated carbocycles. The molecule has 1 aliphatic rings. The van der Waals surface area contributed by atoms with Crippen LogP contribution < -0.4 is 5.32 Å². The van der Waals surface area contributed by atoms with Crippen LogP contribution >= 0.6 is 0 Å². The topological polar surface area (TPSA) is 69.6 Å². The van der Waals surface area contributed by atoms with Crippen molar-refractivity contribution in [2.24, 2.45) is 0 Å². The molecule has 2 amide bonds. The van der Waals surface area contributed by atoms with Crippen LogP contribution in [0.4, 0.5) is 4.79 Å². The van der Waals surface area contributed by atoms with Gasteiger partial charge in [-0.3, -0.25) is 4.79 Å². The fourth-order valence-corrected chi connectivity index (χ4v) is 2.04. The zero-order valence-electron chi connectivity index (χ0n) is 10.9. The summed E-state index contributed by atoms with van der Waals surface area (Å²) in [6.45, 7) is 3.28. The highest BCUT2D eigenvalue weighted by molar-refractivity contribution is 5.75. The second kappa shape index (κ2) is 7.74. The summed E-state index contributed by atoms with van der Waals surface area (Å²) in [6.07, 6.45) is 6.67. The minimum absolute atomic E-state index is 0.00753. The fourth-order valence-electron chi connectivity index (χ4n) is 2.04. The Labute approximate surface area is 108 Å². The lowest BCUT2D eigenvalue weighted by atomic mass is 10.2. The Balaban J connectivity index is 2.22. The zero-order valence-corrected chi connectivity index (χ0v) is 10.9. The van der Waals surface area contributed by atoms with Crippen LogP contribution in [0.5, 0.6) is 0 Å². The number of urea groups is 1. The summed E-state index contributed by atoms with van der Waals surface area (Å²) in [5.41, 5.74) is 1.42. The van der Waals surface area contributed by atoms with Gasteiger partial charge in [-0.2, -0.15) is 0 Å². The highest BCUT2D eigenvalue weighted by Crippen LogP contribution is 2.19. The maximum absolute atomic E-state index is 11.8. The van der Waals surface area contributed by atoms with E-state index < -0.39 is 5.97 Å². The summed E-state index contributed by atoms with van der Waals surface area (Å²) in [6, 6.07) is -0.169. The second-order valence-corrected chi connectivity index (χ2v) is 4.46. The SMILES string of the molecule is CCN(CCC(=O)O)C(=O)NCCC1=CCCC1. The van der Waals surface area contributed by atoms with Gasteiger partial charge in [0, 0.05) is 19.6 Å². The molecule has 18 heavy (non-hydrogen) atoms. The third kappa shape index (κ3) is 5.21. The average molecular weight is 254 g/mol. The molecule has 0 bridgehead atoms. The molecular weight excluding hydrogens is 232 g/mol. The zero-order chi connectivity index (χ0) is 13.4. The van der Waals surface area contributed by atoms with E-state index in [1.54, 1.807) is 0 Å². The number of hydrogen-bond donors (Lipinski definition) is 2. The van der Waals surface area contributed by atoms with Crippen LogP contribution in [0, 0.1) is 0 Å². The molecule has 102 valence electrons. The maximum atomic E-state index is 11.8. The third-order valence-electron chi connectivity index (χ3n) is 3.12. The number of carboxylic acid groups (broad SMARTS) is 1. The molecule has 0 fully saturated rings. The van der Waals surface area contributed by atoms with Crippen molar-refractivity contribution in [2.45, 2.75) is 39.0 Å². The summed E-state index contributed by atoms with van der Waals surface area (Å²) in [5, 5.41) is 11.4. The van der Waals surface area contributed by atoms with Gasteiger partial charge in [0.05, 0.1) is 6.42 Å². The molecule has 0 aliphatic heterocycles. The molecule has 0 unspecified atom stereocenters. The predicted octanol–water partition coefficient (Wildman–Crippen LogP) is 1.99. The second-order valence-electron chi connectivity index (χ2n) is 4.46. The van der Waals surface area contributed by atoms with Crippen molar-refractivity contribution in [1.29, 1.82) is 0 Å². The number of carbonyl (C=O) groups excluding carboxylic acids is 1. The Morgan fingerprint density at radius 1 is 1.50 bits per heavy atom. The van der Waals surface area contributed by atoms with Crippen LogP contribution in [-0.2, 0) is 4.79 Å². The first kappa shape index (κ1) is 14.5. The number of hydrogen-bond acceptors (Lipinski definition) is 2. The standard InChI is InChI=1S/C13H22N2O3/c1-2-15(10-8-12(16)17)13(18)14-9-7-11-5-3-4-6-11/h5H,2-4,6-10H2,1H3,(H,14,18)(H,16,17). The molecule has 0 aromatic rings. The minimum Gasteiger partial charge on any atom is -0.481 e. The van der Waals surface area contributed by atoms with Crippen LogP contribution in [0.1, 0.15) is 39.0 Å². The summed E-state index contributed by atoms with van der Waals surface area (Å²) in [7, 11) is 0. The van der Waals surface area contributed by atoms with E-state index in [0.29, 0.717) is 13.1 Å². The highest BCUT2D eigenvalue weighted by atomic mass is 16.4. The van der Waals surface area contributed by atoms with Gasteiger partial charge >= 0.3 is 12.0 Å². The lowest BCUT2D eigenvalue weighted by molar-refractivity contribution is -0.137. The van der Waals surface area contributed by atoms with E-state index in [1.165, 1.54) is 16.9 Å². The number of amides is 2. The molecule has 0 radical (unpaired) electrons. The fraction of sp³-hybridized carbons (Fsp3) is 0.692. The van der Waals surface area contributed by atoms with Crippen LogP contribution in [0.2, 0.25) is 0 Å². The van der Waals surface area contributed by atoms with E-state index in [-0.39, 0.29) is 19.0 Å². The molecule has 1 aliphatic carbocycles. The number of rotatable bonds is 7. The Morgan fingerprint density at radius 3 is 2.83 bits per heavy atom. The monoisotopic (exact) mass is 254 g/mol. The summed E-state index contributed by atoms with van der Waals surface area (Å²) < 4.78 is 0. The first-order chi connectivity index (χ1) is 8.63. The predicted molar refractivity (Wildman–Crippen MR) is 69.4 cm³/mol. The molecule has 0 spiro atoms. The van der Waals surface area contributed by atoms with Gasteiger partial charge in [-0.1, -0.05) is 11.6 Å². The number of carboxylic acids is 1. The first-order valence-electron chi connectivity index (χ1n) is 6.56. The Kier molecular flexibility index (Phi) is 6.25. The smallest absolute Gasteiger partial charge is 0.317 e. The summed E-state index contributed by atoms with van der Waals surface area (Å²) in [5.74, 6) is -0.877. The van der Waals surface area contributed by atoms with Gasteiger partial charge in [0.25, 0.3) is 0 Å². The average Bonchev–Trinajstić information content (AvgIpc) is 2.82. The first-order valence-corrected chi connectivity index (χ1v) is 6.56. The highest BCUT2D eigenvalue weighted by Gasteiger charge is 2.12. The van der Waals surface area contributed by atoms with E-state index >= 15 is 0 Å². The quantitative estimate of drug-likeness (QED) is 0.683. The van der Waals surface area contributed by atoms with Gasteiger partial charge in [0.1, 0.15) is 0 Å². The van der Waals surface area contributed by atoms with E-state index in [4.69, 9.17) is 5.11 Å². The summed E-state index contributed by atoms with van der Waals surface area (Å²) in [4.78, 5) is 23.8. The largest absolute Gasteiger partial charge is 0.481 e. The molecule has 0 saturated heterocycles. The summed E-state index contributed by atoms with van der Waals surface area (Å²) >= 11 is 0. The molecule has 5 heteroatoms. The van der Waals surface area contributed by atoms with E-state index in [9.17, 15) is 9.59 Å². The van der Waals surface area contributed by atoms with Gasteiger partial charge in [-0.15, -0.1) is 0 Å². The van der Waals surface area contributed by atoms with Gasteiger partial charge in [0.15, 0.2) is 0 Å². The van der Waals surface area contributed by atoms with Crippen LogP contribution in [0.15, 0.2) is 11.6 Å². The molecule has 0 aromatic carbocycles. The number of nitrogens with zero attached hydrogens (tertiary/aromatic N) is 1. The third-order valence-corrected chi connectivity index (χ3v) is 3.12. The van der Waals surface area contributed by atoms with Crippen LogP contribution in [-0.4, -0.2) is 41.6 Å². The lowest BCUT2D eigenvalue weighted by Crippen LogP contribution is -2.41. The number of aliphatic carboxylic acids is 1. The van der Waals surface area contributed by atoms with Crippen molar-refractivity contribution in [3.8, 4) is 0 Å². The molecule has 0 atom stereocenters. The van der Waals surface area contributed by atoms with Gasteiger partial charge in [-0.25, -0.2) is 4.79 Å². The Bertz CT molecular complexity index is 326. The van der Waals surface area contributed by atoms with Crippen molar-refractivity contribution in [1.82, 2.24) is 10.2 Å². The van der Waals surface area contributed by atoms with Crippen molar-refractivity contribution in [3.63, 3.8) is 0 Å². The molecule has 5 nitrogen and oxygen atoms in total. The molecule has 1 rings (SSSR count). The van der Waals surface area contributed by atoms with E-state index in [0.717, 1.165) is 19.3 Å². The normalized spacial score (nSPS) is 14.2. The molecule has 0 aromatic heterocycles. The van der Waals surface area contributed by atoms with Gasteiger partial charge < -0.3 is 15.3 Å². The van der Waals surface area contributed by atoms with Crippen LogP contribution in [0.3, 0.4) is 0 Å². The molecule has 2 N–H and O–H groups in total. The van der Waals surface area contributed by atoms with Crippen molar-refractivity contribution >= 4 is 12.0 Å². The van der Waals surface area contributed by atoms with Crippen molar-refractivity contribution in [3.05, 3.63) is 11.6 Å². The lowest BCUT2D eigenvalue weighted by Gasteiger charge is -2.20. The Morgan fingerprint density at radius 2 is 2.28 bits per heavy atom. The van der Waals surface area contributed by atoms with Crippen molar-refractivity contribution in [2.75, 3.05) is 19.6 Å². The molecule has 0 heterocycles. The minimum atomic E-state index is -0.877. The van der Waals surface area contributed by atoms with Crippen molar-refractivity contribution < 1.29 is 14.7 Å². The number of carbonyl (C=O) groups is 2. The maximum Gasteiger partial charge on any atom is 0.317 e. The van der Waals surface area contributed by atoms with E-state index in [2.05, 4.69) is 11.4 Å². The van der Waals surface area contributed by atoms with E-state index in [1.807, 2.05) is 6.92 Å². The number of nitrogens with one attached hydrogen (secondary N) is 1. The van der Waals surface area contributed by atoms with Crippen LogP contribution in [0.25, 0.3) is 0 Å².